The van der Waals surface area contributed by atoms with E-state index in [4.69, 9.17) is 4.74 Å². The molecular formula is C18H18FNO2. The second kappa shape index (κ2) is 6.60. The fourth-order valence-corrected chi connectivity index (χ4v) is 2.74. The molecule has 114 valence electrons. The number of amides is 1. The van der Waals surface area contributed by atoms with Crippen molar-refractivity contribution >= 4 is 6.09 Å². The van der Waals surface area contributed by atoms with Gasteiger partial charge in [-0.2, -0.15) is 0 Å². The molecule has 0 radical (unpaired) electrons. The molecule has 0 aromatic heterocycles. The molecule has 1 heterocycles. The Labute approximate surface area is 129 Å². The van der Waals surface area contributed by atoms with Crippen LogP contribution in [0, 0.1) is 0 Å². The highest BCUT2D eigenvalue weighted by Gasteiger charge is 2.36. The first-order chi connectivity index (χ1) is 10.7. The highest BCUT2D eigenvalue weighted by molar-refractivity contribution is 5.68. The number of likely N-dealkylation sites (tertiary alicyclic amines) is 1. The third-order valence-electron chi connectivity index (χ3n) is 3.94. The highest BCUT2D eigenvalue weighted by atomic mass is 19.1. The van der Waals surface area contributed by atoms with Crippen LogP contribution in [0.1, 0.15) is 17.0 Å². The van der Waals surface area contributed by atoms with Gasteiger partial charge in [-0.1, -0.05) is 60.7 Å². The number of ether oxygens (including phenoxy) is 1. The van der Waals surface area contributed by atoms with Crippen LogP contribution in [0.2, 0.25) is 0 Å². The molecule has 0 N–H and O–H groups in total. The van der Waals surface area contributed by atoms with E-state index >= 15 is 0 Å². The van der Waals surface area contributed by atoms with Crippen molar-refractivity contribution in [2.45, 2.75) is 18.7 Å². The zero-order valence-corrected chi connectivity index (χ0v) is 12.2. The SMILES string of the molecule is O=C(OCc1ccccc1)N1C[C@@H](F)[C@@H](c2ccccc2)C1. The smallest absolute Gasteiger partial charge is 0.410 e. The normalized spacial score (nSPS) is 20.9. The van der Waals surface area contributed by atoms with Crippen LogP contribution in [0.5, 0.6) is 0 Å². The summed E-state index contributed by atoms with van der Waals surface area (Å²) in [5, 5.41) is 0. The van der Waals surface area contributed by atoms with E-state index < -0.39 is 12.3 Å². The van der Waals surface area contributed by atoms with Crippen molar-refractivity contribution in [3.8, 4) is 0 Å². The van der Waals surface area contributed by atoms with Crippen LogP contribution in [-0.2, 0) is 11.3 Å². The minimum atomic E-state index is -1.05. The summed E-state index contributed by atoms with van der Waals surface area (Å²) < 4.78 is 19.5. The Kier molecular flexibility index (Phi) is 4.37. The molecule has 22 heavy (non-hydrogen) atoms. The van der Waals surface area contributed by atoms with Crippen molar-refractivity contribution in [3.05, 3.63) is 71.8 Å². The van der Waals surface area contributed by atoms with Crippen LogP contribution in [0.4, 0.5) is 9.18 Å². The molecule has 3 rings (SSSR count). The van der Waals surface area contributed by atoms with E-state index in [-0.39, 0.29) is 19.1 Å². The van der Waals surface area contributed by atoms with Crippen molar-refractivity contribution in [2.24, 2.45) is 0 Å². The van der Waals surface area contributed by atoms with Gasteiger partial charge in [-0.3, -0.25) is 0 Å². The number of carbonyl (C=O) groups is 1. The van der Waals surface area contributed by atoms with E-state index in [0.29, 0.717) is 6.54 Å². The zero-order chi connectivity index (χ0) is 15.4. The minimum Gasteiger partial charge on any atom is -0.445 e. The molecule has 3 nitrogen and oxygen atoms in total. The summed E-state index contributed by atoms with van der Waals surface area (Å²) in [5.74, 6) is -0.273. The van der Waals surface area contributed by atoms with Gasteiger partial charge in [-0.25, -0.2) is 9.18 Å². The summed E-state index contributed by atoms with van der Waals surface area (Å²) >= 11 is 0. The van der Waals surface area contributed by atoms with Gasteiger partial charge in [0.05, 0.1) is 6.54 Å². The molecule has 2 aromatic carbocycles. The van der Waals surface area contributed by atoms with Crippen molar-refractivity contribution < 1.29 is 13.9 Å². The number of carbonyl (C=O) groups excluding carboxylic acids is 1. The molecule has 0 bridgehead atoms. The summed E-state index contributed by atoms with van der Waals surface area (Å²) in [6.45, 7) is 0.662. The lowest BCUT2D eigenvalue weighted by atomic mass is 9.97. The van der Waals surface area contributed by atoms with E-state index in [9.17, 15) is 9.18 Å². The lowest BCUT2D eigenvalue weighted by Gasteiger charge is -2.16. The number of halogens is 1. The van der Waals surface area contributed by atoms with Gasteiger partial charge in [-0.15, -0.1) is 0 Å². The Morgan fingerprint density at radius 1 is 1.05 bits per heavy atom. The highest BCUT2D eigenvalue weighted by Crippen LogP contribution is 2.30. The molecule has 0 unspecified atom stereocenters. The van der Waals surface area contributed by atoms with Crippen LogP contribution in [-0.4, -0.2) is 30.3 Å². The van der Waals surface area contributed by atoms with Crippen LogP contribution < -0.4 is 0 Å². The van der Waals surface area contributed by atoms with E-state index in [1.54, 1.807) is 0 Å². The van der Waals surface area contributed by atoms with E-state index in [1.165, 1.54) is 4.90 Å². The van der Waals surface area contributed by atoms with Crippen LogP contribution >= 0.6 is 0 Å². The van der Waals surface area contributed by atoms with Crippen molar-refractivity contribution in [1.82, 2.24) is 4.90 Å². The first-order valence-electron chi connectivity index (χ1n) is 7.38. The molecule has 1 saturated heterocycles. The molecule has 1 aliphatic rings. The Hall–Kier alpha value is -2.36. The lowest BCUT2D eigenvalue weighted by molar-refractivity contribution is 0.102. The van der Waals surface area contributed by atoms with Crippen molar-refractivity contribution in [2.75, 3.05) is 13.1 Å². The molecule has 2 aromatic rings. The maximum atomic E-state index is 14.2. The fraction of sp³-hybridized carbons (Fsp3) is 0.278. The van der Waals surface area contributed by atoms with E-state index in [1.807, 2.05) is 60.7 Å². The quantitative estimate of drug-likeness (QED) is 0.863. The molecule has 0 saturated carbocycles. The average Bonchev–Trinajstić information content (AvgIpc) is 2.96. The Bertz CT molecular complexity index is 617. The summed E-state index contributed by atoms with van der Waals surface area (Å²) in [5.41, 5.74) is 1.85. The van der Waals surface area contributed by atoms with Crippen LogP contribution in [0.15, 0.2) is 60.7 Å². The largest absolute Gasteiger partial charge is 0.445 e. The molecule has 1 amide bonds. The number of nitrogens with zero attached hydrogens (tertiary/aromatic N) is 1. The third-order valence-corrected chi connectivity index (χ3v) is 3.94. The molecule has 0 spiro atoms. The Balaban J connectivity index is 1.58. The topological polar surface area (TPSA) is 29.5 Å². The van der Waals surface area contributed by atoms with Gasteiger partial charge in [0, 0.05) is 12.5 Å². The van der Waals surface area contributed by atoms with Gasteiger partial charge >= 0.3 is 6.09 Å². The molecule has 1 fully saturated rings. The lowest BCUT2D eigenvalue weighted by Crippen LogP contribution is -2.29. The first kappa shape index (κ1) is 14.6. The van der Waals surface area contributed by atoms with Crippen molar-refractivity contribution in [1.29, 1.82) is 0 Å². The van der Waals surface area contributed by atoms with Crippen LogP contribution in [0.3, 0.4) is 0 Å². The van der Waals surface area contributed by atoms with Gasteiger partial charge in [0.15, 0.2) is 0 Å². The van der Waals surface area contributed by atoms with Gasteiger partial charge < -0.3 is 9.64 Å². The van der Waals surface area contributed by atoms with E-state index in [2.05, 4.69) is 0 Å². The standard InChI is InChI=1S/C18H18FNO2/c19-17-12-20(11-16(17)15-9-5-2-6-10-15)18(21)22-13-14-7-3-1-4-8-14/h1-10,16-17H,11-13H2/t16-,17-/m1/s1. The maximum absolute atomic E-state index is 14.2. The second-order valence-electron chi connectivity index (χ2n) is 5.48. The third kappa shape index (κ3) is 3.27. The average molecular weight is 299 g/mol. The predicted molar refractivity (Wildman–Crippen MR) is 82.3 cm³/mol. The van der Waals surface area contributed by atoms with Gasteiger partial charge in [0.2, 0.25) is 0 Å². The zero-order valence-electron chi connectivity index (χ0n) is 12.2. The number of alkyl halides is 1. The van der Waals surface area contributed by atoms with Gasteiger partial charge in [0.25, 0.3) is 0 Å². The minimum absolute atomic E-state index is 0.0905. The summed E-state index contributed by atoms with van der Waals surface area (Å²) in [7, 11) is 0. The second-order valence-corrected chi connectivity index (χ2v) is 5.48. The molecule has 4 heteroatoms. The first-order valence-corrected chi connectivity index (χ1v) is 7.38. The summed E-state index contributed by atoms with van der Waals surface area (Å²) in [6.07, 6.45) is -1.50. The van der Waals surface area contributed by atoms with E-state index in [0.717, 1.165) is 11.1 Å². The number of rotatable bonds is 3. The maximum Gasteiger partial charge on any atom is 0.410 e. The van der Waals surface area contributed by atoms with Gasteiger partial charge in [0.1, 0.15) is 12.8 Å². The Morgan fingerprint density at radius 3 is 2.36 bits per heavy atom. The number of benzene rings is 2. The monoisotopic (exact) mass is 299 g/mol. The van der Waals surface area contributed by atoms with Crippen LogP contribution in [0.25, 0.3) is 0 Å². The fourth-order valence-electron chi connectivity index (χ4n) is 2.74. The molecule has 1 aliphatic heterocycles. The van der Waals surface area contributed by atoms with Gasteiger partial charge in [-0.05, 0) is 11.1 Å². The Morgan fingerprint density at radius 2 is 1.68 bits per heavy atom. The summed E-state index contributed by atoms with van der Waals surface area (Å²) in [4.78, 5) is 13.5. The predicted octanol–water partition coefficient (Wildman–Crippen LogP) is 3.76. The number of hydrogen-bond acceptors (Lipinski definition) is 2. The molecule has 2 atom stereocenters. The summed E-state index contributed by atoms with van der Waals surface area (Å²) in [6, 6.07) is 18.9. The number of hydrogen-bond donors (Lipinski definition) is 0. The van der Waals surface area contributed by atoms with Crippen molar-refractivity contribution in [3.63, 3.8) is 0 Å². The molecule has 0 aliphatic carbocycles. The molecular weight excluding hydrogens is 281 g/mol.